The summed E-state index contributed by atoms with van der Waals surface area (Å²) in [6, 6.07) is 8.46. The Labute approximate surface area is 114 Å². The highest BCUT2D eigenvalue weighted by Crippen LogP contribution is 2.49. The van der Waals surface area contributed by atoms with Crippen molar-refractivity contribution in [3.05, 3.63) is 36.0 Å². The molecule has 100 valence electrons. The van der Waals surface area contributed by atoms with Crippen LogP contribution in [0.5, 0.6) is 0 Å². The molecule has 2 aromatic rings. The molecule has 0 amide bonds. The summed E-state index contributed by atoms with van der Waals surface area (Å²) in [5, 5.41) is 10.7. The van der Waals surface area contributed by atoms with E-state index < -0.39 is 0 Å². The van der Waals surface area contributed by atoms with Gasteiger partial charge in [-0.25, -0.2) is 0 Å². The van der Waals surface area contributed by atoms with Crippen molar-refractivity contribution in [1.29, 1.82) is 0 Å². The van der Waals surface area contributed by atoms with Gasteiger partial charge in [0.1, 0.15) is 0 Å². The lowest BCUT2D eigenvalue weighted by atomic mass is 9.89. The molecule has 1 aromatic heterocycles. The highest BCUT2D eigenvalue weighted by Gasteiger charge is 2.39. The number of aliphatic hydroxyl groups is 1. The molecule has 0 aliphatic heterocycles. The van der Waals surface area contributed by atoms with E-state index in [0.29, 0.717) is 0 Å². The Morgan fingerprint density at radius 3 is 2.79 bits per heavy atom. The molecule has 2 nitrogen and oxygen atoms in total. The lowest BCUT2D eigenvalue weighted by Crippen LogP contribution is -2.16. The van der Waals surface area contributed by atoms with Crippen LogP contribution in [0.15, 0.2) is 30.5 Å². The Balaban J connectivity index is 1.67. The second-order valence-electron chi connectivity index (χ2n) is 6.42. The van der Waals surface area contributed by atoms with Crippen LogP contribution >= 0.6 is 0 Å². The average molecular weight is 255 g/mol. The first-order valence-corrected chi connectivity index (χ1v) is 7.52. The zero-order chi connectivity index (χ0) is 12.8. The van der Waals surface area contributed by atoms with E-state index in [0.717, 1.165) is 29.9 Å². The highest BCUT2D eigenvalue weighted by molar-refractivity contribution is 5.83. The van der Waals surface area contributed by atoms with Crippen molar-refractivity contribution in [2.24, 2.45) is 17.8 Å². The van der Waals surface area contributed by atoms with Crippen LogP contribution in [-0.4, -0.2) is 9.67 Å². The molecule has 1 N–H and O–H groups in total. The summed E-state index contributed by atoms with van der Waals surface area (Å²) in [5.41, 5.74) is 2.35. The number of hydrogen-bond donors (Lipinski definition) is 1. The number of benzene rings is 1. The molecule has 4 rings (SSSR count). The van der Waals surface area contributed by atoms with Gasteiger partial charge < -0.3 is 9.67 Å². The Morgan fingerprint density at radius 2 is 2.05 bits per heavy atom. The van der Waals surface area contributed by atoms with Gasteiger partial charge in [0.25, 0.3) is 0 Å². The van der Waals surface area contributed by atoms with Crippen LogP contribution in [-0.2, 0) is 13.2 Å². The summed E-state index contributed by atoms with van der Waals surface area (Å²) in [4.78, 5) is 0. The summed E-state index contributed by atoms with van der Waals surface area (Å²) in [6.07, 6.45) is 7.97. The molecule has 2 aliphatic carbocycles. The molecule has 2 saturated carbocycles. The molecule has 2 bridgehead atoms. The van der Waals surface area contributed by atoms with Crippen molar-refractivity contribution in [3.63, 3.8) is 0 Å². The summed E-state index contributed by atoms with van der Waals surface area (Å²) >= 11 is 0. The number of aromatic nitrogens is 1. The zero-order valence-corrected chi connectivity index (χ0v) is 11.3. The maximum atomic E-state index is 9.50. The zero-order valence-electron chi connectivity index (χ0n) is 11.3. The summed E-state index contributed by atoms with van der Waals surface area (Å²) < 4.78 is 2.38. The minimum atomic E-state index is 0.143. The first-order chi connectivity index (χ1) is 9.35. The molecule has 3 atom stereocenters. The highest BCUT2D eigenvalue weighted by atomic mass is 16.3. The lowest BCUT2D eigenvalue weighted by Gasteiger charge is -2.22. The van der Waals surface area contributed by atoms with Crippen LogP contribution in [0.4, 0.5) is 0 Å². The van der Waals surface area contributed by atoms with Crippen LogP contribution in [0, 0.1) is 17.8 Å². The van der Waals surface area contributed by atoms with E-state index in [1.807, 2.05) is 0 Å². The largest absolute Gasteiger partial charge is 0.392 e. The van der Waals surface area contributed by atoms with Gasteiger partial charge in [0.2, 0.25) is 0 Å². The van der Waals surface area contributed by atoms with E-state index in [1.54, 1.807) is 0 Å². The van der Waals surface area contributed by atoms with Crippen LogP contribution in [0.25, 0.3) is 10.9 Å². The standard InChI is InChI=1S/C17H21NO/c19-11-15-10-18(17-4-2-1-3-16(15)17)9-14-8-12-5-6-13(14)7-12/h1-4,10,12-14,19H,5-9,11H2. The predicted molar refractivity (Wildman–Crippen MR) is 76.8 cm³/mol. The summed E-state index contributed by atoms with van der Waals surface area (Å²) in [7, 11) is 0. The maximum absolute atomic E-state index is 9.50. The van der Waals surface area contributed by atoms with Gasteiger partial charge in [0.15, 0.2) is 0 Å². The molecule has 0 spiro atoms. The number of nitrogens with zero attached hydrogens (tertiary/aromatic N) is 1. The molecular weight excluding hydrogens is 234 g/mol. The van der Waals surface area contributed by atoms with Crippen molar-refractivity contribution in [2.75, 3.05) is 0 Å². The molecule has 3 unspecified atom stereocenters. The first-order valence-electron chi connectivity index (χ1n) is 7.52. The Hall–Kier alpha value is -1.28. The first kappa shape index (κ1) is 11.5. The fraction of sp³-hybridized carbons (Fsp3) is 0.529. The van der Waals surface area contributed by atoms with Gasteiger partial charge in [-0.2, -0.15) is 0 Å². The van der Waals surface area contributed by atoms with Crippen molar-refractivity contribution in [1.82, 2.24) is 4.57 Å². The Bertz CT molecular complexity index is 600. The molecule has 2 fully saturated rings. The number of aliphatic hydroxyl groups excluding tert-OH is 1. The summed E-state index contributed by atoms with van der Waals surface area (Å²) in [5.74, 6) is 2.83. The van der Waals surface area contributed by atoms with Gasteiger partial charge in [-0.1, -0.05) is 24.6 Å². The van der Waals surface area contributed by atoms with Crippen molar-refractivity contribution in [2.45, 2.75) is 38.8 Å². The normalized spacial score (nSPS) is 29.4. The molecule has 2 heteroatoms. The molecule has 19 heavy (non-hydrogen) atoms. The third-order valence-corrected chi connectivity index (χ3v) is 5.36. The van der Waals surface area contributed by atoms with Gasteiger partial charge in [0.05, 0.1) is 6.61 Å². The minimum absolute atomic E-state index is 0.143. The van der Waals surface area contributed by atoms with E-state index in [4.69, 9.17) is 0 Å². The van der Waals surface area contributed by atoms with Gasteiger partial charge in [0, 0.05) is 29.2 Å². The fourth-order valence-electron chi connectivity index (χ4n) is 4.45. The van der Waals surface area contributed by atoms with E-state index in [2.05, 4.69) is 35.0 Å². The van der Waals surface area contributed by atoms with Crippen molar-refractivity contribution in [3.8, 4) is 0 Å². The van der Waals surface area contributed by atoms with E-state index in [-0.39, 0.29) is 6.61 Å². The lowest BCUT2D eigenvalue weighted by molar-refractivity contribution is 0.280. The molecule has 1 heterocycles. The minimum Gasteiger partial charge on any atom is -0.392 e. The van der Waals surface area contributed by atoms with E-state index in [1.165, 1.54) is 36.6 Å². The monoisotopic (exact) mass is 255 g/mol. The quantitative estimate of drug-likeness (QED) is 0.891. The molecule has 2 aliphatic rings. The second kappa shape index (κ2) is 4.38. The van der Waals surface area contributed by atoms with Crippen LogP contribution in [0.3, 0.4) is 0 Å². The fourth-order valence-corrected chi connectivity index (χ4v) is 4.45. The average Bonchev–Trinajstić information content (AvgIpc) is 3.13. The van der Waals surface area contributed by atoms with Gasteiger partial charge in [-0.3, -0.25) is 0 Å². The number of rotatable bonds is 3. The Kier molecular flexibility index (Phi) is 2.66. The second-order valence-corrected chi connectivity index (χ2v) is 6.42. The third-order valence-electron chi connectivity index (χ3n) is 5.36. The predicted octanol–water partition coefficient (Wildman–Crippen LogP) is 3.57. The Morgan fingerprint density at radius 1 is 1.16 bits per heavy atom. The summed E-state index contributed by atoms with van der Waals surface area (Å²) in [6.45, 7) is 1.28. The number of fused-ring (bicyclic) bond motifs is 3. The molecule has 0 radical (unpaired) electrons. The van der Waals surface area contributed by atoms with Gasteiger partial charge in [-0.05, 0) is 43.1 Å². The van der Waals surface area contributed by atoms with Crippen molar-refractivity contribution < 1.29 is 5.11 Å². The van der Waals surface area contributed by atoms with Gasteiger partial charge >= 0.3 is 0 Å². The molecule has 0 saturated heterocycles. The number of para-hydroxylation sites is 1. The van der Waals surface area contributed by atoms with E-state index >= 15 is 0 Å². The van der Waals surface area contributed by atoms with Crippen molar-refractivity contribution >= 4 is 10.9 Å². The van der Waals surface area contributed by atoms with E-state index in [9.17, 15) is 5.11 Å². The van der Waals surface area contributed by atoms with Crippen LogP contribution in [0.1, 0.15) is 31.2 Å². The maximum Gasteiger partial charge on any atom is 0.0702 e. The van der Waals surface area contributed by atoms with Crippen LogP contribution in [0.2, 0.25) is 0 Å². The van der Waals surface area contributed by atoms with Crippen LogP contribution < -0.4 is 0 Å². The smallest absolute Gasteiger partial charge is 0.0702 e. The topological polar surface area (TPSA) is 25.2 Å². The number of hydrogen-bond acceptors (Lipinski definition) is 1. The SMILES string of the molecule is OCc1cn(CC2CC3CCC2C3)c2ccccc12. The third kappa shape index (κ3) is 1.81. The van der Waals surface area contributed by atoms with Gasteiger partial charge in [-0.15, -0.1) is 0 Å². The molecule has 1 aromatic carbocycles. The molecular formula is C17H21NO.